The van der Waals surface area contributed by atoms with Gasteiger partial charge in [0, 0.05) is 9.79 Å². The molecule has 100 valence electrons. The topological polar surface area (TPSA) is 37.3 Å². The van der Waals surface area contributed by atoms with E-state index < -0.39 is 5.97 Å². The summed E-state index contributed by atoms with van der Waals surface area (Å²) in [4.78, 5) is 13.2. The maximum atomic E-state index is 11.4. The molecule has 0 aliphatic carbocycles. The molecule has 2 nitrogen and oxygen atoms in total. The Morgan fingerprint density at radius 1 is 1.28 bits per heavy atom. The summed E-state index contributed by atoms with van der Waals surface area (Å²) in [5, 5.41) is 9.35. The molecular weight excluding hydrogens is 264 g/mol. The van der Waals surface area contributed by atoms with E-state index in [2.05, 4.69) is 13.8 Å². The van der Waals surface area contributed by atoms with Gasteiger partial charge in [-0.2, -0.15) is 0 Å². The zero-order valence-electron chi connectivity index (χ0n) is 11.1. The minimum Gasteiger partial charge on any atom is -0.478 e. The van der Waals surface area contributed by atoms with Crippen molar-refractivity contribution in [3.63, 3.8) is 0 Å². The predicted octanol–water partition coefficient (Wildman–Crippen LogP) is 4.64. The Bertz CT molecular complexity index is 403. The van der Waals surface area contributed by atoms with Gasteiger partial charge in [-0.1, -0.05) is 26.8 Å². The molecule has 0 radical (unpaired) electrons. The first kappa shape index (κ1) is 15.4. The number of thioether (sulfide) groups is 2. The van der Waals surface area contributed by atoms with Crippen molar-refractivity contribution >= 4 is 29.5 Å². The summed E-state index contributed by atoms with van der Waals surface area (Å²) in [5.41, 5.74) is 0.470. The largest absolute Gasteiger partial charge is 0.478 e. The lowest BCUT2D eigenvalue weighted by molar-refractivity contribution is 0.0689. The third-order valence-corrected chi connectivity index (χ3v) is 4.49. The average Bonchev–Trinajstić information content (AvgIpc) is 2.28. The normalized spacial score (nSPS) is 10.9. The third-order valence-electron chi connectivity index (χ3n) is 2.45. The number of carbonyl (C=O) groups is 1. The molecule has 0 heterocycles. The first-order valence-electron chi connectivity index (χ1n) is 6.18. The first-order chi connectivity index (χ1) is 8.56. The minimum atomic E-state index is -0.821. The Morgan fingerprint density at radius 2 is 1.89 bits per heavy atom. The number of hydrogen-bond acceptors (Lipinski definition) is 3. The number of carboxylic acids is 1. The van der Waals surface area contributed by atoms with E-state index in [-0.39, 0.29) is 0 Å². The Morgan fingerprint density at radius 3 is 2.39 bits per heavy atom. The fourth-order valence-corrected chi connectivity index (χ4v) is 3.74. The van der Waals surface area contributed by atoms with Crippen LogP contribution in [0.4, 0.5) is 0 Å². The van der Waals surface area contributed by atoms with Crippen LogP contribution >= 0.6 is 23.5 Å². The summed E-state index contributed by atoms with van der Waals surface area (Å²) in [6, 6.07) is 5.75. The molecule has 0 aromatic heterocycles. The van der Waals surface area contributed by atoms with Crippen LogP contribution in [0.5, 0.6) is 0 Å². The highest BCUT2D eigenvalue weighted by Gasteiger charge is 2.15. The molecule has 0 aliphatic rings. The van der Waals surface area contributed by atoms with Gasteiger partial charge in [-0.3, -0.25) is 0 Å². The zero-order valence-corrected chi connectivity index (χ0v) is 12.7. The second-order valence-corrected chi connectivity index (χ2v) is 6.84. The van der Waals surface area contributed by atoms with Gasteiger partial charge in [0.2, 0.25) is 0 Å². The van der Waals surface area contributed by atoms with E-state index in [1.807, 2.05) is 25.1 Å². The van der Waals surface area contributed by atoms with Crippen molar-refractivity contribution in [1.82, 2.24) is 0 Å². The van der Waals surface area contributed by atoms with Gasteiger partial charge in [-0.15, -0.1) is 23.5 Å². The van der Waals surface area contributed by atoms with Crippen molar-refractivity contribution in [2.24, 2.45) is 5.92 Å². The van der Waals surface area contributed by atoms with Crippen molar-refractivity contribution in [3.8, 4) is 0 Å². The van der Waals surface area contributed by atoms with Gasteiger partial charge < -0.3 is 5.11 Å². The van der Waals surface area contributed by atoms with Gasteiger partial charge in [-0.25, -0.2) is 4.79 Å². The highest BCUT2D eigenvalue weighted by molar-refractivity contribution is 8.00. The average molecular weight is 284 g/mol. The van der Waals surface area contributed by atoms with E-state index in [1.54, 1.807) is 23.5 Å². The van der Waals surface area contributed by atoms with Crippen molar-refractivity contribution in [2.45, 2.75) is 37.0 Å². The van der Waals surface area contributed by atoms with E-state index in [0.29, 0.717) is 11.5 Å². The molecule has 4 heteroatoms. The lowest BCUT2D eigenvalue weighted by Gasteiger charge is -2.11. The summed E-state index contributed by atoms with van der Waals surface area (Å²) in [6.07, 6.45) is 1.11. The minimum absolute atomic E-state index is 0.470. The molecule has 0 saturated heterocycles. The van der Waals surface area contributed by atoms with Gasteiger partial charge in [-0.05, 0) is 36.0 Å². The molecule has 18 heavy (non-hydrogen) atoms. The summed E-state index contributed by atoms with van der Waals surface area (Å²) in [7, 11) is 0. The molecule has 1 aromatic carbocycles. The Balaban J connectivity index is 2.88. The molecule has 0 fully saturated rings. The third kappa shape index (κ3) is 4.58. The van der Waals surface area contributed by atoms with Gasteiger partial charge in [0.15, 0.2) is 0 Å². The summed E-state index contributed by atoms with van der Waals surface area (Å²) in [5.74, 6) is 1.69. The monoisotopic (exact) mass is 284 g/mol. The molecule has 1 N–H and O–H groups in total. The number of rotatable bonds is 7. The quantitative estimate of drug-likeness (QED) is 0.740. The van der Waals surface area contributed by atoms with Crippen molar-refractivity contribution in [2.75, 3.05) is 11.5 Å². The van der Waals surface area contributed by atoms with Gasteiger partial charge >= 0.3 is 5.97 Å². The lowest BCUT2D eigenvalue weighted by Crippen LogP contribution is -2.02. The molecule has 0 spiro atoms. The molecule has 0 aliphatic heterocycles. The molecule has 0 unspecified atom stereocenters. The molecule has 0 bridgehead atoms. The Labute approximate surface area is 118 Å². The van der Waals surface area contributed by atoms with Crippen LogP contribution in [0.25, 0.3) is 0 Å². The van der Waals surface area contributed by atoms with E-state index >= 15 is 0 Å². The maximum absolute atomic E-state index is 11.4. The number of hydrogen-bond donors (Lipinski definition) is 1. The van der Waals surface area contributed by atoms with Crippen LogP contribution in [0.3, 0.4) is 0 Å². The molecule has 0 saturated carbocycles. The van der Waals surface area contributed by atoms with Crippen LogP contribution in [0, 0.1) is 5.92 Å². The summed E-state index contributed by atoms with van der Waals surface area (Å²) in [6.45, 7) is 6.40. The number of carboxylic acid groups (broad SMARTS) is 1. The highest BCUT2D eigenvalue weighted by Crippen LogP contribution is 2.32. The molecule has 1 rings (SSSR count). The van der Waals surface area contributed by atoms with Gasteiger partial charge in [0.25, 0.3) is 0 Å². The summed E-state index contributed by atoms with van der Waals surface area (Å²) < 4.78 is 0. The van der Waals surface area contributed by atoms with Gasteiger partial charge in [0.1, 0.15) is 0 Å². The van der Waals surface area contributed by atoms with Crippen LogP contribution in [0.2, 0.25) is 0 Å². The van der Waals surface area contributed by atoms with E-state index in [1.165, 1.54) is 0 Å². The highest BCUT2D eigenvalue weighted by atomic mass is 32.2. The standard InChI is InChI=1S/C14H20O2S2/c1-4-17-11-6-5-7-12(13(11)14(15)16)18-9-8-10(2)3/h5-7,10H,4,8-9H2,1-3H3,(H,15,16). The number of aromatic carboxylic acids is 1. The van der Waals surface area contributed by atoms with Crippen molar-refractivity contribution in [3.05, 3.63) is 23.8 Å². The first-order valence-corrected chi connectivity index (χ1v) is 8.15. The van der Waals surface area contributed by atoms with E-state index in [4.69, 9.17) is 0 Å². The van der Waals surface area contributed by atoms with Crippen molar-refractivity contribution < 1.29 is 9.90 Å². The molecular formula is C14H20O2S2. The number of benzene rings is 1. The maximum Gasteiger partial charge on any atom is 0.337 e. The van der Waals surface area contributed by atoms with Crippen LogP contribution in [-0.2, 0) is 0 Å². The van der Waals surface area contributed by atoms with E-state index in [9.17, 15) is 9.90 Å². The second kappa shape index (κ2) is 7.74. The summed E-state index contributed by atoms with van der Waals surface area (Å²) >= 11 is 3.24. The Kier molecular flexibility index (Phi) is 6.65. The molecule has 0 amide bonds. The van der Waals surface area contributed by atoms with Crippen LogP contribution in [0.15, 0.2) is 28.0 Å². The second-order valence-electron chi connectivity index (χ2n) is 4.40. The van der Waals surface area contributed by atoms with E-state index in [0.717, 1.165) is 27.7 Å². The fraction of sp³-hybridized carbons (Fsp3) is 0.500. The van der Waals surface area contributed by atoms with Crippen molar-refractivity contribution in [1.29, 1.82) is 0 Å². The van der Waals surface area contributed by atoms with Crippen LogP contribution in [-0.4, -0.2) is 22.6 Å². The predicted molar refractivity (Wildman–Crippen MR) is 80.0 cm³/mol. The van der Waals surface area contributed by atoms with Crippen LogP contribution < -0.4 is 0 Å². The molecule has 0 atom stereocenters. The SMILES string of the molecule is CCSc1cccc(SCCC(C)C)c1C(=O)O. The lowest BCUT2D eigenvalue weighted by atomic mass is 10.2. The van der Waals surface area contributed by atoms with Gasteiger partial charge in [0.05, 0.1) is 5.56 Å². The Hall–Kier alpha value is -0.610. The smallest absolute Gasteiger partial charge is 0.337 e. The van der Waals surface area contributed by atoms with Crippen LogP contribution in [0.1, 0.15) is 37.6 Å². The fourth-order valence-electron chi connectivity index (χ4n) is 1.52. The zero-order chi connectivity index (χ0) is 13.5. The molecule has 1 aromatic rings.